The van der Waals surface area contributed by atoms with Gasteiger partial charge in [0.05, 0.1) is 11.4 Å². The molecular weight excluding hydrogens is 294 g/mol. The smallest absolute Gasteiger partial charge is 0.224 e. The molecule has 0 fully saturated rings. The maximum atomic E-state index is 12.1. The number of carbonyl (C=O) groups excluding carboxylic acids is 1. The van der Waals surface area contributed by atoms with Crippen LogP contribution in [0, 0.1) is 13.8 Å². The quantitative estimate of drug-likeness (QED) is 0.784. The second-order valence-electron chi connectivity index (χ2n) is 5.23. The number of amides is 1. The second kappa shape index (κ2) is 8.03. The van der Waals surface area contributed by atoms with Crippen LogP contribution >= 0.6 is 11.8 Å². The minimum atomic E-state index is 0.0608. The summed E-state index contributed by atoms with van der Waals surface area (Å²) >= 11 is 1.74. The van der Waals surface area contributed by atoms with Crippen molar-refractivity contribution in [3.8, 4) is 0 Å². The molecule has 0 radical (unpaired) electrons. The molecule has 5 heteroatoms. The molecule has 1 heterocycles. The van der Waals surface area contributed by atoms with Crippen molar-refractivity contribution in [2.45, 2.75) is 45.1 Å². The van der Waals surface area contributed by atoms with Crippen molar-refractivity contribution in [2.24, 2.45) is 0 Å². The Labute approximate surface area is 136 Å². The Hall–Kier alpha value is -1.75. The van der Waals surface area contributed by atoms with E-state index in [1.54, 1.807) is 11.8 Å². The Morgan fingerprint density at radius 1 is 1.32 bits per heavy atom. The lowest BCUT2D eigenvalue weighted by atomic mass is 10.2. The average Bonchev–Trinajstić information content (AvgIpc) is 2.79. The Morgan fingerprint density at radius 2 is 2.09 bits per heavy atom. The molecule has 1 amide bonds. The SMILES string of the molecule is CCSc1ccccc1NC(=O)CCCn1nc(C)cc1C. The highest BCUT2D eigenvalue weighted by molar-refractivity contribution is 7.99. The fraction of sp³-hybridized carbons (Fsp3) is 0.412. The van der Waals surface area contributed by atoms with Crippen LogP contribution in [-0.4, -0.2) is 21.4 Å². The maximum absolute atomic E-state index is 12.1. The molecule has 4 nitrogen and oxygen atoms in total. The first-order chi connectivity index (χ1) is 10.6. The summed E-state index contributed by atoms with van der Waals surface area (Å²) in [4.78, 5) is 13.2. The molecule has 0 aliphatic rings. The van der Waals surface area contributed by atoms with Gasteiger partial charge in [0, 0.05) is 23.6 Å². The van der Waals surface area contributed by atoms with Crippen LogP contribution < -0.4 is 5.32 Å². The molecular formula is C17H23N3OS. The van der Waals surface area contributed by atoms with Crippen LogP contribution in [0.25, 0.3) is 0 Å². The third kappa shape index (κ3) is 4.63. The monoisotopic (exact) mass is 317 g/mol. The number of hydrogen-bond donors (Lipinski definition) is 1. The molecule has 1 N–H and O–H groups in total. The first-order valence-electron chi connectivity index (χ1n) is 7.63. The van der Waals surface area contributed by atoms with Gasteiger partial charge in [-0.05, 0) is 44.2 Å². The highest BCUT2D eigenvalue weighted by atomic mass is 32.2. The second-order valence-corrected chi connectivity index (χ2v) is 6.54. The average molecular weight is 317 g/mol. The first-order valence-corrected chi connectivity index (χ1v) is 8.61. The highest BCUT2D eigenvalue weighted by Crippen LogP contribution is 2.26. The van der Waals surface area contributed by atoms with Crippen molar-refractivity contribution in [3.05, 3.63) is 41.7 Å². The Balaban J connectivity index is 1.84. The zero-order valence-electron chi connectivity index (χ0n) is 13.4. The van der Waals surface area contributed by atoms with E-state index >= 15 is 0 Å². The van der Waals surface area contributed by atoms with Crippen molar-refractivity contribution < 1.29 is 4.79 Å². The molecule has 2 aromatic rings. The molecule has 0 saturated carbocycles. The number of hydrogen-bond acceptors (Lipinski definition) is 3. The molecule has 22 heavy (non-hydrogen) atoms. The number of rotatable bonds is 7. The van der Waals surface area contributed by atoms with Crippen molar-refractivity contribution >= 4 is 23.4 Å². The summed E-state index contributed by atoms with van der Waals surface area (Å²) in [6.45, 7) is 6.91. The highest BCUT2D eigenvalue weighted by Gasteiger charge is 2.07. The molecule has 118 valence electrons. The summed E-state index contributed by atoms with van der Waals surface area (Å²) in [5.41, 5.74) is 3.07. The lowest BCUT2D eigenvalue weighted by molar-refractivity contribution is -0.116. The molecule has 0 spiro atoms. The number of thioether (sulfide) groups is 1. The van der Waals surface area contributed by atoms with Gasteiger partial charge in [0.25, 0.3) is 0 Å². The van der Waals surface area contributed by atoms with Gasteiger partial charge in [-0.1, -0.05) is 19.1 Å². The van der Waals surface area contributed by atoms with Crippen molar-refractivity contribution in [3.63, 3.8) is 0 Å². The van der Waals surface area contributed by atoms with Crippen LogP contribution in [0.4, 0.5) is 5.69 Å². The molecule has 0 unspecified atom stereocenters. The number of para-hydroxylation sites is 1. The predicted molar refractivity (Wildman–Crippen MR) is 92.4 cm³/mol. The van der Waals surface area contributed by atoms with E-state index in [-0.39, 0.29) is 5.91 Å². The van der Waals surface area contributed by atoms with Gasteiger partial charge in [0.2, 0.25) is 5.91 Å². The number of aromatic nitrogens is 2. The number of anilines is 1. The topological polar surface area (TPSA) is 46.9 Å². The van der Waals surface area contributed by atoms with Crippen molar-refractivity contribution in [1.82, 2.24) is 9.78 Å². The predicted octanol–water partition coefficient (Wildman–Crippen LogP) is 4.03. The van der Waals surface area contributed by atoms with Gasteiger partial charge in [0.15, 0.2) is 0 Å². The van der Waals surface area contributed by atoms with Crippen LogP contribution in [0.1, 0.15) is 31.2 Å². The Kier molecular flexibility index (Phi) is 6.07. The third-order valence-corrected chi connectivity index (χ3v) is 4.29. The minimum Gasteiger partial charge on any atom is -0.325 e. The molecule has 0 atom stereocenters. The lowest BCUT2D eigenvalue weighted by Gasteiger charge is -2.10. The van der Waals surface area contributed by atoms with Gasteiger partial charge in [-0.3, -0.25) is 9.48 Å². The summed E-state index contributed by atoms with van der Waals surface area (Å²) in [6, 6.07) is 10.00. The van der Waals surface area contributed by atoms with Gasteiger partial charge in [-0.2, -0.15) is 5.10 Å². The molecule has 0 aliphatic heterocycles. The maximum Gasteiger partial charge on any atom is 0.224 e. The number of benzene rings is 1. The zero-order chi connectivity index (χ0) is 15.9. The molecule has 2 rings (SSSR count). The van der Waals surface area contributed by atoms with Gasteiger partial charge in [0.1, 0.15) is 0 Å². The number of carbonyl (C=O) groups is 1. The van der Waals surface area contributed by atoms with Crippen LogP contribution in [0.15, 0.2) is 35.2 Å². The summed E-state index contributed by atoms with van der Waals surface area (Å²) in [5, 5.41) is 7.42. The summed E-state index contributed by atoms with van der Waals surface area (Å²) < 4.78 is 1.96. The fourth-order valence-corrected chi connectivity index (χ4v) is 3.12. The largest absolute Gasteiger partial charge is 0.325 e. The zero-order valence-corrected chi connectivity index (χ0v) is 14.2. The minimum absolute atomic E-state index is 0.0608. The van der Waals surface area contributed by atoms with Crippen molar-refractivity contribution in [2.75, 3.05) is 11.1 Å². The van der Waals surface area contributed by atoms with Crippen LogP contribution in [0.5, 0.6) is 0 Å². The molecule has 1 aromatic heterocycles. The summed E-state index contributed by atoms with van der Waals surface area (Å²) in [5.74, 6) is 1.05. The fourth-order valence-electron chi connectivity index (χ4n) is 2.35. The Morgan fingerprint density at radius 3 is 2.77 bits per heavy atom. The lowest BCUT2D eigenvalue weighted by Crippen LogP contribution is -2.13. The standard InChI is InChI=1S/C17H23N3OS/c1-4-22-16-9-6-5-8-15(16)18-17(21)10-7-11-20-14(3)12-13(2)19-20/h5-6,8-9,12H,4,7,10-11H2,1-3H3,(H,18,21). The van der Waals surface area contributed by atoms with Crippen molar-refractivity contribution in [1.29, 1.82) is 0 Å². The summed E-state index contributed by atoms with van der Waals surface area (Å²) in [7, 11) is 0. The van der Waals surface area contributed by atoms with E-state index in [0.717, 1.165) is 40.7 Å². The first kappa shape index (κ1) is 16.6. The van der Waals surface area contributed by atoms with E-state index in [1.165, 1.54) is 0 Å². The molecule has 0 saturated heterocycles. The van der Waals surface area contributed by atoms with Crippen LogP contribution in [-0.2, 0) is 11.3 Å². The van der Waals surface area contributed by atoms with E-state index in [0.29, 0.717) is 6.42 Å². The summed E-state index contributed by atoms with van der Waals surface area (Å²) in [6.07, 6.45) is 1.29. The normalized spacial score (nSPS) is 10.7. The molecule has 0 aliphatic carbocycles. The third-order valence-electron chi connectivity index (χ3n) is 3.34. The molecule has 0 bridgehead atoms. The van der Waals surface area contributed by atoms with Crippen LogP contribution in [0.2, 0.25) is 0 Å². The van der Waals surface area contributed by atoms with Gasteiger partial charge < -0.3 is 5.32 Å². The van der Waals surface area contributed by atoms with Gasteiger partial charge >= 0.3 is 0 Å². The number of aryl methyl sites for hydroxylation is 3. The Bertz CT molecular complexity index is 637. The van der Waals surface area contributed by atoms with E-state index in [1.807, 2.05) is 42.8 Å². The number of nitrogens with one attached hydrogen (secondary N) is 1. The van der Waals surface area contributed by atoms with E-state index in [2.05, 4.69) is 23.4 Å². The number of nitrogens with zero attached hydrogens (tertiary/aromatic N) is 2. The van der Waals surface area contributed by atoms with E-state index in [4.69, 9.17) is 0 Å². The molecule has 1 aromatic carbocycles. The van der Waals surface area contributed by atoms with E-state index in [9.17, 15) is 4.79 Å². The van der Waals surface area contributed by atoms with Crippen LogP contribution in [0.3, 0.4) is 0 Å². The van der Waals surface area contributed by atoms with E-state index < -0.39 is 0 Å². The van der Waals surface area contributed by atoms with Gasteiger partial charge in [-0.25, -0.2) is 0 Å². The van der Waals surface area contributed by atoms with Gasteiger partial charge in [-0.15, -0.1) is 11.8 Å².